The average Bonchev–Trinajstić information content (AvgIpc) is 3.87. The van der Waals surface area contributed by atoms with E-state index in [1.807, 2.05) is 24.3 Å². The van der Waals surface area contributed by atoms with Crippen LogP contribution in [0.3, 0.4) is 0 Å². The number of fused-ring (bicyclic) bond motifs is 9. The number of nitrogens with zero attached hydrogens (tertiary/aromatic N) is 1. The molecular weight excluding hydrogens is 623 g/mol. The van der Waals surface area contributed by atoms with Crippen molar-refractivity contribution >= 4 is 65.7 Å². The first-order valence-corrected chi connectivity index (χ1v) is 17.3. The number of furan rings is 2. The molecule has 3 heteroatoms. The lowest BCUT2D eigenvalue weighted by Gasteiger charge is -2.15. The molecule has 0 unspecified atom stereocenters. The largest absolute Gasteiger partial charge is 0.456 e. The van der Waals surface area contributed by atoms with Crippen LogP contribution in [-0.4, -0.2) is 4.57 Å². The van der Waals surface area contributed by atoms with Gasteiger partial charge in [-0.05, 0) is 94.5 Å². The van der Waals surface area contributed by atoms with Gasteiger partial charge in [0.2, 0.25) is 0 Å². The van der Waals surface area contributed by atoms with Gasteiger partial charge in [-0.1, -0.05) is 109 Å². The molecule has 238 valence electrons. The molecular formula is C48H29NO2. The Bertz CT molecular complexity index is 3140. The summed E-state index contributed by atoms with van der Waals surface area (Å²) in [7, 11) is 0. The molecule has 0 radical (unpaired) electrons. The highest BCUT2D eigenvalue weighted by Crippen LogP contribution is 2.44. The Hall–Kier alpha value is -6.84. The first-order valence-electron chi connectivity index (χ1n) is 17.3. The van der Waals surface area contributed by atoms with E-state index in [2.05, 4.69) is 156 Å². The van der Waals surface area contributed by atoms with Crippen LogP contribution in [0.5, 0.6) is 0 Å². The topological polar surface area (TPSA) is 31.2 Å². The third-order valence-electron chi connectivity index (χ3n) is 10.4. The van der Waals surface area contributed by atoms with E-state index in [1.165, 1.54) is 32.9 Å². The number of aromatic nitrogens is 1. The summed E-state index contributed by atoms with van der Waals surface area (Å²) in [5.41, 5.74) is 14.0. The van der Waals surface area contributed by atoms with Crippen LogP contribution in [-0.2, 0) is 0 Å². The van der Waals surface area contributed by atoms with Crippen LogP contribution in [0.15, 0.2) is 185 Å². The maximum absolute atomic E-state index is 6.27. The molecule has 0 aliphatic heterocycles. The van der Waals surface area contributed by atoms with Crippen molar-refractivity contribution in [3.63, 3.8) is 0 Å². The monoisotopic (exact) mass is 651 g/mol. The molecule has 11 aromatic rings. The van der Waals surface area contributed by atoms with Crippen LogP contribution in [0.2, 0.25) is 0 Å². The molecule has 3 nitrogen and oxygen atoms in total. The Morgan fingerprint density at radius 3 is 1.61 bits per heavy atom. The Morgan fingerprint density at radius 2 is 0.863 bits per heavy atom. The molecule has 51 heavy (non-hydrogen) atoms. The van der Waals surface area contributed by atoms with Gasteiger partial charge in [0.15, 0.2) is 0 Å². The minimum Gasteiger partial charge on any atom is -0.456 e. The Labute approximate surface area is 293 Å². The van der Waals surface area contributed by atoms with Gasteiger partial charge >= 0.3 is 0 Å². The zero-order valence-corrected chi connectivity index (χ0v) is 27.5. The van der Waals surface area contributed by atoms with Crippen molar-refractivity contribution < 1.29 is 8.83 Å². The lowest BCUT2D eigenvalue weighted by atomic mass is 9.94. The molecule has 0 N–H and O–H groups in total. The van der Waals surface area contributed by atoms with Gasteiger partial charge in [-0.2, -0.15) is 0 Å². The minimum absolute atomic E-state index is 0.890. The van der Waals surface area contributed by atoms with Crippen molar-refractivity contribution in [2.75, 3.05) is 0 Å². The summed E-state index contributed by atoms with van der Waals surface area (Å²) >= 11 is 0. The summed E-state index contributed by atoms with van der Waals surface area (Å²) in [5.74, 6) is 0. The smallest absolute Gasteiger partial charge is 0.135 e. The van der Waals surface area contributed by atoms with Crippen LogP contribution < -0.4 is 0 Å². The Kier molecular flexibility index (Phi) is 5.96. The van der Waals surface area contributed by atoms with Gasteiger partial charge in [0.1, 0.15) is 22.3 Å². The maximum atomic E-state index is 6.27. The molecule has 0 bridgehead atoms. The second-order valence-corrected chi connectivity index (χ2v) is 13.3. The second-order valence-electron chi connectivity index (χ2n) is 13.3. The third kappa shape index (κ3) is 4.32. The fourth-order valence-corrected chi connectivity index (χ4v) is 8.01. The van der Waals surface area contributed by atoms with E-state index in [0.29, 0.717) is 0 Å². The molecule has 11 rings (SSSR count). The minimum atomic E-state index is 0.890. The number of hydrogen-bond acceptors (Lipinski definition) is 2. The molecule has 0 fully saturated rings. The third-order valence-corrected chi connectivity index (χ3v) is 10.4. The predicted octanol–water partition coefficient (Wildman–Crippen LogP) is 13.6. The van der Waals surface area contributed by atoms with E-state index < -0.39 is 0 Å². The standard InChI is InChI=1S/C48H29NO2/c1-2-11-30(12-3-1)31-13-10-14-35(25-31)49-43-18-7-4-15-36(43)42-29-34(32-21-23-46-40(26-32)37-16-5-8-19-44(37)50-46)28-39(48(42)49)33-22-24-47-41(27-33)38-17-6-9-20-45(38)51-47/h1-29H. The van der Waals surface area contributed by atoms with Crippen molar-refractivity contribution in [1.82, 2.24) is 4.57 Å². The van der Waals surface area contributed by atoms with Crippen molar-refractivity contribution in [2.24, 2.45) is 0 Å². The summed E-state index contributed by atoms with van der Waals surface area (Å²) in [5, 5.41) is 6.90. The summed E-state index contributed by atoms with van der Waals surface area (Å²) < 4.78 is 14.9. The van der Waals surface area contributed by atoms with Crippen LogP contribution in [0.4, 0.5) is 0 Å². The van der Waals surface area contributed by atoms with Crippen LogP contribution >= 0.6 is 0 Å². The normalized spacial score (nSPS) is 11.9. The number of para-hydroxylation sites is 3. The Morgan fingerprint density at radius 1 is 0.314 bits per heavy atom. The molecule has 0 spiro atoms. The highest BCUT2D eigenvalue weighted by Gasteiger charge is 2.20. The van der Waals surface area contributed by atoms with E-state index in [4.69, 9.17) is 8.83 Å². The lowest BCUT2D eigenvalue weighted by Crippen LogP contribution is -1.96. The SMILES string of the molecule is c1ccc(-c2cccc(-n3c4ccccc4c4cc(-c5ccc6oc7ccccc7c6c5)cc(-c5ccc6oc7ccccc7c6c5)c43)c2)cc1. The molecule has 0 aliphatic carbocycles. The Balaban J connectivity index is 1.24. The van der Waals surface area contributed by atoms with Crippen LogP contribution in [0, 0.1) is 0 Å². The van der Waals surface area contributed by atoms with Gasteiger partial charge in [-0.25, -0.2) is 0 Å². The van der Waals surface area contributed by atoms with Gasteiger partial charge in [0, 0.05) is 43.6 Å². The van der Waals surface area contributed by atoms with Gasteiger partial charge < -0.3 is 13.4 Å². The summed E-state index contributed by atoms with van der Waals surface area (Å²) in [4.78, 5) is 0. The van der Waals surface area contributed by atoms with E-state index >= 15 is 0 Å². The van der Waals surface area contributed by atoms with E-state index in [-0.39, 0.29) is 0 Å². The molecule has 0 atom stereocenters. The summed E-state index contributed by atoms with van der Waals surface area (Å²) in [6.45, 7) is 0. The fourth-order valence-electron chi connectivity index (χ4n) is 8.01. The molecule has 3 heterocycles. The van der Waals surface area contributed by atoms with Gasteiger partial charge in [-0.3, -0.25) is 0 Å². The van der Waals surface area contributed by atoms with Crippen molar-refractivity contribution in [3.8, 4) is 39.1 Å². The molecule has 8 aromatic carbocycles. The molecule has 0 amide bonds. The molecule has 0 aliphatic rings. The zero-order chi connectivity index (χ0) is 33.5. The molecule has 0 saturated heterocycles. The van der Waals surface area contributed by atoms with Crippen molar-refractivity contribution in [1.29, 1.82) is 0 Å². The van der Waals surface area contributed by atoms with Crippen molar-refractivity contribution in [2.45, 2.75) is 0 Å². The average molecular weight is 652 g/mol. The van der Waals surface area contributed by atoms with Crippen LogP contribution in [0.1, 0.15) is 0 Å². The molecule has 3 aromatic heterocycles. The number of benzene rings is 8. The number of hydrogen-bond donors (Lipinski definition) is 0. The van der Waals surface area contributed by atoms with E-state index in [9.17, 15) is 0 Å². The predicted molar refractivity (Wildman–Crippen MR) is 212 cm³/mol. The second kappa shape index (κ2) is 10.8. The number of rotatable bonds is 4. The van der Waals surface area contributed by atoms with E-state index in [0.717, 1.165) is 71.8 Å². The summed E-state index contributed by atoms with van der Waals surface area (Å²) in [6, 6.07) is 62.8. The van der Waals surface area contributed by atoms with Gasteiger partial charge in [0.25, 0.3) is 0 Å². The first-order chi connectivity index (χ1) is 25.3. The highest BCUT2D eigenvalue weighted by molar-refractivity contribution is 6.17. The summed E-state index contributed by atoms with van der Waals surface area (Å²) in [6.07, 6.45) is 0. The quantitative estimate of drug-likeness (QED) is 0.190. The van der Waals surface area contributed by atoms with Gasteiger partial charge in [-0.15, -0.1) is 0 Å². The highest BCUT2D eigenvalue weighted by atomic mass is 16.3. The lowest BCUT2D eigenvalue weighted by molar-refractivity contribution is 0.668. The maximum Gasteiger partial charge on any atom is 0.135 e. The van der Waals surface area contributed by atoms with Crippen molar-refractivity contribution in [3.05, 3.63) is 176 Å². The van der Waals surface area contributed by atoms with Crippen LogP contribution in [0.25, 0.3) is 105 Å². The molecule has 0 saturated carbocycles. The van der Waals surface area contributed by atoms with Gasteiger partial charge in [0.05, 0.1) is 11.0 Å². The zero-order valence-electron chi connectivity index (χ0n) is 27.5. The van der Waals surface area contributed by atoms with E-state index in [1.54, 1.807) is 0 Å². The fraction of sp³-hybridized carbons (Fsp3) is 0. The first kappa shape index (κ1) is 28.0.